The van der Waals surface area contributed by atoms with Gasteiger partial charge >= 0.3 is 0 Å². The van der Waals surface area contributed by atoms with E-state index in [0.29, 0.717) is 25.1 Å². The summed E-state index contributed by atoms with van der Waals surface area (Å²) < 4.78 is 5.76. The fourth-order valence-corrected chi connectivity index (χ4v) is 2.23. The van der Waals surface area contributed by atoms with Crippen molar-refractivity contribution in [2.24, 2.45) is 10.9 Å². The number of nitrogens with zero attached hydrogens (tertiary/aromatic N) is 1. The van der Waals surface area contributed by atoms with Crippen LogP contribution in [0.4, 0.5) is 0 Å². The highest BCUT2D eigenvalue weighted by Crippen LogP contribution is 2.03. The smallest absolute Gasteiger partial charge is 0.242 e. The van der Waals surface area contributed by atoms with Crippen molar-refractivity contribution in [2.75, 3.05) is 26.2 Å². The molecule has 0 aliphatic carbocycles. The number of benzene rings is 1. The molecule has 1 aromatic carbocycles. The van der Waals surface area contributed by atoms with E-state index in [0.717, 1.165) is 13.1 Å². The molecule has 1 amide bonds. The zero-order valence-corrected chi connectivity index (χ0v) is 16.8. The molecule has 0 heterocycles. The van der Waals surface area contributed by atoms with Crippen molar-refractivity contribution in [3.8, 4) is 0 Å². The van der Waals surface area contributed by atoms with Crippen molar-refractivity contribution in [1.82, 2.24) is 16.0 Å². The fraction of sp³-hybridized carbons (Fsp3) is 0.600. The Morgan fingerprint density at radius 3 is 2.50 bits per heavy atom. The molecule has 0 aromatic heterocycles. The molecule has 1 aromatic rings. The summed E-state index contributed by atoms with van der Waals surface area (Å²) in [6.45, 7) is 12.8. The van der Waals surface area contributed by atoms with E-state index in [4.69, 9.17) is 4.74 Å². The molecular formula is C20H34N4O2. The highest BCUT2D eigenvalue weighted by atomic mass is 16.5. The van der Waals surface area contributed by atoms with Crippen LogP contribution in [-0.4, -0.2) is 43.6 Å². The average molecular weight is 363 g/mol. The fourth-order valence-electron chi connectivity index (χ4n) is 2.23. The molecule has 3 N–H and O–H groups in total. The topological polar surface area (TPSA) is 74.8 Å². The number of guanidine groups is 1. The number of carbonyl (C=O) groups is 1. The largest absolute Gasteiger partial charge is 0.376 e. The Morgan fingerprint density at radius 1 is 1.19 bits per heavy atom. The molecule has 146 valence electrons. The zero-order chi connectivity index (χ0) is 19.4. The predicted octanol–water partition coefficient (Wildman–Crippen LogP) is 2.31. The number of carbonyl (C=O) groups excluding carboxylic acids is 1. The Hall–Kier alpha value is -2.08. The van der Waals surface area contributed by atoms with Crippen LogP contribution < -0.4 is 16.0 Å². The third-order valence-electron chi connectivity index (χ3n) is 3.37. The molecule has 1 atom stereocenters. The van der Waals surface area contributed by atoms with Crippen LogP contribution in [0.1, 0.15) is 40.2 Å². The lowest BCUT2D eigenvalue weighted by molar-refractivity contribution is -0.121. The number of hydrogen-bond donors (Lipinski definition) is 3. The van der Waals surface area contributed by atoms with Crippen LogP contribution in [0, 0.1) is 5.92 Å². The minimum Gasteiger partial charge on any atom is -0.376 e. The van der Waals surface area contributed by atoms with E-state index in [9.17, 15) is 4.79 Å². The Bertz CT molecular complexity index is 553. The number of aliphatic imine (C=N–C) groups is 1. The Balaban J connectivity index is 2.34. The van der Waals surface area contributed by atoms with Crippen molar-refractivity contribution >= 4 is 11.9 Å². The molecule has 0 saturated carbocycles. The molecule has 0 aliphatic rings. The van der Waals surface area contributed by atoms with E-state index >= 15 is 0 Å². The summed E-state index contributed by atoms with van der Waals surface area (Å²) in [5.41, 5.74) is 0.927. The molecule has 6 heteroatoms. The number of nitrogens with one attached hydrogen (secondary N) is 3. The SMILES string of the molecule is CCNC(=NCC(=O)NC(C)(C)C)NCC(C)COCc1ccccc1. The van der Waals surface area contributed by atoms with Gasteiger partial charge in [0.25, 0.3) is 0 Å². The van der Waals surface area contributed by atoms with Crippen molar-refractivity contribution < 1.29 is 9.53 Å². The van der Waals surface area contributed by atoms with Crippen LogP contribution in [0.2, 0.25) is 0 Å². The van der Waals surface area contributed by atoms with Gasteiger partial charge in [0.15, 0.2) is 5.96 Å². The molecule has 0 bridgehead atoms. The van der Waals surface area contributed by atoms with Crippen LogP contribution in [-0.2, 0) is 16.1 Å². The number of hydrogen-bond acceptors (Lipinski definition) is 3. The quantitative estimate of drug-likeness (QED) is 0.465. The number of amides is 1. The van der Waals surface area contributed by atoms with Gasteiger partial charge < -0.3 is 20.7 Å². The van der Waals surface area contributed by atoms with Gasteiger partial charge in [-0.3, -0.25) is 4.79 Å². The molecule has 0 fully saturated rings. The van der Waals surface area contributed by atoms with Crippen molar-refractivity contribution in [3.63, 3.8) is 0 Å². The molecular weight excluding hydrogens is 328 g/mol. The molecule has 0 saturated heterocycles. The average Bonchev–Trinajstić information content (AvgIpc) is 2.57. The van der Waals surface area contributed by atoms with Gasteiger partial charge in [0.05, 0.1) is 13.2 Å². The first-order valence-corrected chi connectivity index (χ1v) is 9.25. The normalized spacial score (nSPS) is 13.2. The third kappa shape index (κ3) is 10.7. The van der Waals surface area contributed by atoms with Crippen LogP contribution in [0.15, 0.2) is 35.3 Å². The summed E-state index contributed by atoms with van der Waals surface area (Å²) in [5.74, 6) is 0.881. The number of ether oxygens (including phenoxy) is 1. The highest BCUT2D eigenvalue weighted by Gasteiger charge is 2.13. The maximum Gasteiger partial charge on any atom is 0.242 e. The van der Waals surface area contributed by atoms with E-state index in [1.165, 1.54) is 5.56 Å². The van der Waals surface area contributed by atoms with Crippen molar-refractivity contribution in [1.29, 1.82) is 0 Å². The molecule has 0 aliphatic heterocycles. The lowest BCUT2D eigenvalue weighted by Crippen LogP contribution is -2.44. The lowest BCUT2D eigenvalue weighted by Gasteiger charge is -2.20. The van der Waals surface area contributed by atoms with Gasteiger partial charge in [0.2, 0.25) is 5.91 Å². The van der Waals surface area contributed by atoms with Crippen molar-refractivity contribution in [2.45, 2.75) is 46.8 Å². The zero-order valence-electron chi connectivity index (χ0n) is 16.8. The Morgan fingerprint density at radius 2 is 1.88 bits per heavy atom. The van der Waals surface area contributed by atoms with E-state index in [1.807, 2.05) is 45.9 Å². The van der Waals surface area contributed by atoms with E-state index in [2.05, 4.69) is 40.0 Å². The molecule has 0 radical (unpaired) electrons. The summed E-state index contributed by atoms with van der Waals surface area (Å²) >= 11 is 0. The van der Waals surface area contributed by atoms with Gasteiger partial charge in [0, 0.05) is 18.6 Å². The molecule has 1 unspecified atom stereocenters. The molecule has 26 heavy (non-hydrogen) atoms. The molecule has 0 spiro atoms. The summed E-state index contributed by atoms with van der Waals surface area (Å²) in [4.78, 5) is 16.2. The third-order valence-corrected chi connectivity index (χ3v) is 3.37. The van der Waals surface area contributed by atoms with Gasteiger partial charge in [-0.2, -0.15) is 0 Å². The maximum atomic E-state index is 11.9. The first-order chi connectivity index (χ1) is 12.3. The van der Waals surface area contributed by atoms with Gasteiger partial charge in [-0.05, 0) is 39.2 Å². The highest BCUT2D eigenvalue weighted by molar-refractivity contribution is 5.85. The van der Waals surface area contributed by atoms with E-state index < -0.39 is 0 Å². The predicted molar refractivity (Wildman–Crippen MR) is 107 cm³/mol. The number of rotatable bonds is 9. The van der Waals surface area contributed by atoms with Gasteiger partial charge in [-0.25, -0.2) is 4.99 Å². The Kier molecular flexibility index (Phi) is 9.73. The summed E-state index contributed by atoms with van der Waals surface area (Å²) in [7, 11) is 0. The minimum atomic E-state index is -0.247. The second-order valence-electron chi connectivity index (χ2n) is 7.48. The van der Waals surface area contributed by atoms with E-state index in [1.54, 1.807) is 0 Å². The van der Waals surface area contributed by atoms with E-state index in [-0.39, 0.29) is 18.0 Å². The second-order valence-corrected chi connectivity index (χ2v) is 7.48. The minimum absolute atomic E-state index is 0.0889. The summed E-state index contributed by atoms with van der Waals surface area (Å²) in [6.07, 6.45) is 0. The van der Waals surface area contributed by atoms with Gasteiger partial charge in [0.1, 0.15) is 6.54 Å². The molecule has 1 rings (SSSR count). The van der Waals surface area contributed by atoms with Crippen LogP contribution in [0.5, 0.6) is 0 Å². The van der Waals surface area contributed by atoms with Crippen LogP contribution >= 0.6 is 0 Å². The van der Waals surface area contributed by atoms with Gasteiger partial charge in [-0.15, -0.1) is 0 Å². The Labute approximate surface area is 157 Å². The van der Waals surface area contributed by atoms with Crippen molar-refractivity contribution in [3.05, 3.63) is 35.9 Å². The summed E-state index contributed by atoms with van der Waals surface area (Å²) in [6, 6.07) is 10.1. The standard InChI is InChI=1S/C20H34N4O2/c1-6-21-19(23-13-18(25)24-20(3,4)5)22-12-16(2)14-26-15-17-10-8-7-9-11-17/h7-11,16H,6,12-15H2,1-5H3,(H,24,25)(H2,21,22,23). The van der Waals surface area contributed by atoms with Crippen LogP contribution in [0.25, 0.3) is 0 Å². The summed E-state index contributed by atoms with van der Waals surface area (Å²) in [5, 5.41) is 9.33. The maximum absolute atomic E-state index is 11.9. The van der Waals surface area contributed by atoms with Crippen LogP contribution in [0.3, 0.4) is 0 Å². The molecule has 6 nitrogen and oxygen atoms in total. The monoisotopic (exact) mass is 362 g/mol. The lowest BCUT2D eigenvalue weighted by atomic mass is 10.1. The van der Waals surface area contributed by atoms with Gasteiger partial charge in [-0.1, -0.05) is 37.3 Å². The first-order valence-electron chi connectivity index (χ1n) is 9.25. The first kappa shape index (κ1) is 22.0. The second kappa shape index (κ2) is 11.5.